The third-order valence-electron chi connectivity index (χ3n) is 2.26. The van der Waals surface area contributed by atoms with E-state index < -0.39 is 0 Å². The van der Waals surface area contributed by atoms with Gasteiger partial charge in [0.05, 0.1) is 6.61 Å². The molecule has 1 rings (SSSR count). The number of aliphatic hydroxyl groups is 1. The number of hydrogen-bond donors (Lipinski definition) is 2. The number of rotatable bonds is 5. The summed E-state index contributed by atoms with van der Waals surface area (Å²) in [6.07, 6.45) is 1.75. The van der Waals surface area contributed by atoms with Crippen molar-refractivity contribution in [3.63, 3.8) is 0 Å². The molecule has 0 spiro atoms. The van der Waals surface area contributed by atoms with Gasteiger partial charge in [-0.2, -0.15) is 0 Å². The quantitative estimate of drug-likeness (QED) is 0.768. The maximum atomic E-state index is 9.62. The van der Waals surface area contributed by atoms with Gasteiger partial charge < -0.3 is 10.2 Å². The fourth-order valence-electron chi connectivity index (χ4n) is 1.40. The van der Waals surface area contributed by atoms with Gasteiger partial charge in [-0.05, 0) is 24.7 Å². The first-order chi connectivity index (χ1) is 7.17. The van der Waals surface area contributed by atoms with Gasteiger partial charge in [-0.25, -0.2) is 0 Å². The fourth-order valence-corrected chi connectivity index (χ4v) is 1.40. The molecule has 0 unspecified atom stereocenters. The van der Waals surface area contributed by atoms with Gasteiger partial charge in [-0.1, -0.05) is 18.7 Å². The van der Waals surface area contributed by atoms with Crippen LogP contribution in [0, 0.1) is 0 Å². The molecule has 0 aromatic heterocycles. The molecule has 0 fully saturated rings. The highest BCUT2D eigenvalue weighted by atomic mass is 16.3. The zero-order valence-electron chi connectivity index (χ0n) is 8.98. The van der Waals surface area contributed by atoms with E-state index in [2.05, 4.69) is 6.58 Å². The van der Waals surface area contributed by atoms with Crippen molar-refractivity contribution in [2.24, 2.45) is 0 Å². The van der Waals surface area contributed by atoms with Crippen molar-refractivity contribution in [1.29, 1.82) is 0 Å². The predicted octanol–water partition coefficient (Wildman–Crippen LogP) is 1.46. The van der Waals surface area contributed by atoms with Crippen molar-refractivity contribution >= 4 is 6.08 Å². The molecule has 0 saturated carbocycles. The zero-order valence-corrected chi connectivity index (χ0v) is 8.98. The number of aliphatic hydroxyl groups excluding tert-OH is 1. The molecule has 0 amide bonds. The van der Waals surface area contributed by atoms with E-state index >= 15 is 0 Å². The first-order valence-electron chi connectivity index (χ1n) is 4.91. The van der Waals surface area contributed by atoms with Gasteiger partial charge in [0.2, 0.25) is 0 Å². The lowest BCUT2D eigenvalue weighted by Crippen LogP contribution is -2.21. The molecule has 0 bridgehead atoms. The van der Waals surface area contributed by atoms with Crippen LogP contribution in [0.5, 0.6) is 5.75 Å². The minimum atomic E-state index is 0.123. The number of phenols is 1. The SMILES string of the molecule is C=Cc1ccc(O)c(CN(C)CCO)c1. The molecule has 0 heterocycles. The van der Waals surface area contributed by atoms with Gasteiger partial charge in [-0.3, -0.25) is 4.90 Å². The van der Waals surface area contributed by atoms with Crippen LogP contribution in [0.1, 0.15) is 11.1 Å². The lowest BCUT2D eigenvalue weighted by molar-refractivity contribution is 0.216. The molecule has 0 atom stereocenters. The maximum absolute atomic E-state index is 9.62. The Morgan fingerprint density at radius 2 is 2.20 bits per heavy atom. The molecule has 0 saturated heterocycles. The largest absolute Gasteiger partial charge is 0.508 e. The molecule has 0 aliphatic carbocycles. The van der Waals surface area contributed by atoms with E-state index in [-0.39, 0.29) is 12.4 Å². The number of aromatic hydroxyl groups is 1. The topological polar surface area (TPSA) is 43.7 Å². The van der Waals surface area contributed by atoms with E-state index in [1.165, 1.54) is 0 Å². The Bertz CT molecular complexity index is 336. The summed E-state index contributed by atoms with van der Waals surface area (Å²) in [5.41, 5.74) is 1.84. The molecule has 15 heavy (non-hydrogen) atoms. The third kappa shape index (κ3) is 3.38. The number of benzene rings is 1. The zero-order chi connectivity index (χ0) is 11.3. The van der Waals surface area contributed by atoms with Crippen LogP contribution in [0.3, 0.4) is 0 Å². The molecule has 2 N–H and O–H groups in total. The highest BCUT2D eigenvalue weighted by molar-refractivity contribution is 5.51. The molecule has 3 nitrogen and oxygen atoms in total. The number of likely N-dealkylation sites (N-methyl/N-ethyl adjacent to an activating group) is 1. The summed E-state index contributed by atoms with van der Waals surface area (Å²) in [6, 6.07) is 5.38. The second-order valence-electron chi connectivity index (χ2n) is 3.55. The van der Waals surface area contributed by atoms with E-state index in [0.29, 0.717) is 13.1 Å². The van der Waals surface area contributed by atoms with E-state index in [1.54, 1.807) is 12.1 Å². The minimum absolute atomic E-state index is 0.123. The highest BCUT2D eigenvalue weighted by Gasteiger charge is 2.04. The van der Waals surface area contributed by atoms with Crippen molar-refractivity contribution in [3.05, 3.63) is 35.9 Å². The van der Waals surface area contributed by atoms with Crippen molar-refractivity contribution in [2.75, 3.05) is 20.2 Å². The summed E-state index contributed by atoms with van der Waals surface area (Å²) in [6.45, 7) is 5.02. The summed E-state index contributed by atoms with van der Waals surface area (Å²) in [7, 11) is 1.90. The van der Waals surface area contributed by atoms with Crippen LogP contribution in [0.15, 0.2) is 24.8 Å². The summed E-state index contributed by atoms with van der Waals surface area (Å²) >= 11 is 0. The molecule has 0 radical (unpaired) electrons. The van der Waals surface area contributed by atoms with Crippen LogP contribution in [0.25, 0.3) is 6.08 Å². The molecule has 3 heteroatoms. The standard InChI is InChI=1S/C12H17NO2/c1-3-10-4-5-12(15)11(8-10)9-13(2)6-7-14/h3-5,8,14-15H,1,6-7,9H2,2H3. The Hall–Kier alpha value is -1.32. The second-order valence-corrected chi connectivity index (χ2v) is 3.55. The molecular formula is C12H17NO2. The van der Waals surface area contributed by atoms with Crippen molar-refractivity contribution < 1.29 is 10.2 Å². The van der Waals surface area contributed by atoms with Gasteiger partial charge >= 0.3 is 0 Å². The van der Waals surface area contributed by atoms with E-state index in [9.17, 15) is 5.11 Å². The second kappa shape index (κ2) is 5.53. The monoisotopic (exact) mass is 207 g/mol. The summed E-state index contributed by atoms with van der Waals surface area (Å²) in [5, 5.41) is 18.4. The Morgan fingerprint density at radius 1 is 1.47 bits per heavy atom. The van der Waals surface area contributed by atoms with Crippen LogP contribution in [0.2, 0.25) is 0 Å². The van der Waals surface area contributed by atoms with Crippen LogP contribution >= 0.6 is 0 Å². The van der Waals surface area contributed by atoms with Gasteiger partial charge in [-0.15, -0.1) is 0 Å². The summed E-state index contributed by atoms with van der Waals surface area (Å²) < 4.78 is 0. The molecular weight excluding hydrogens is 190 g/mol. The number of hydrogen-bond acceptors (Lipinski definition) is 3. The number of nitrogens with zero attached hydrogens (tertiary/aromatic N) is 1. The lowest BCUT2D eigenvalue weighted by Gasteiger charge is -2.16. The third-order valence-corrected chi connectivity index (χ3v) is 2.26. The van der Waals surface area contributed by atoms with E-state index in [1.807, 2.05) is 24.1 Å². The Kier molecular flexibility index (Phi) is 4.34. The lowest BCUT2D eigenvalue weighted by atomic mass is 10.1. The predicted molar refractivity (Wildman–Crippen MR) is 61.6 cm³/mol. The fraction of sp³-hybridized carbons (Fsp3) is 0.333. The number of phenolic OH excluding ortho intramolecular Hbond substituents is 1. The summed E-state index contributed by atoms with van der Waals surface area (Å²) in [4.78, 5) is 1.95. The van der Waals surface area contributed by atoms with Crippen molar-refractivity contribution in [1.82, 2.24) is 4.90 Å². The summed E-state index contributed by atoms with van der Waals surface area (Å²) in [5.74, 6) is 0.283. The van der Waals surface area contributed by atoms with E-state index in [4.69, 9.17) is 5.11 Å². The van der Waals surface area contributed by atoms with Crippen LogP contribution in [-0.4, -0.2) is 35.3 Å². The Morgan fingerprint density at radius 3 is 2.80 bits per heavy atom. The molecule has 1 aromatic rings. The van der Waals surface area contributed by atoms with Gasteiger partial charge in [0.15, 0.2) is 0 Å². The van der Waals surface area contributed by atoms with Crippen molar-refractivity contribution in [3.8, 4) is 5.75 Å². The maximum Gasteiger partial charge on any atom is 0.120 e. The highest BCUT2D eigenvalue weighted by Crippen LogP contribution is 2.20. The van der Waals surface area contributed by atoms with Gasteiger partial charge in [0.25, 0.3) is 0 Å². The average Bonchev–Trinajstić information content (AvgIpc) is 2.21. The molecule has 1 aromatic carbocycles. The average molecular weight is 207 g/mol. The Labute approximate surface area is 90.3 Å². The van der Waals surface area contributed by atoms with Crippen LogP contribution in [-0.2, 0) is 6.54 Å². The minimum Gasteiger partial charge on any atom is -0.508 e. The van der Waals surface area contributed by atoms with Crippen molar-refractivity contribution in [2.45, 2.75) is 6.54 Å². The van der Waals surface area contributed by atoms with Gasteiger partial charge in [0.1, 0.15) is 5.75 Å². The van der Waals surface area contributed by atoms with Crippen LogP contribution in [0.4, 0.5) is 0 Å². The molecule has 0 aliphatic heterocycles. The van der Waals surface area contributed by atoms with Crippen LogP contribution < -0.4 is 0 Å². The molecule has 82 valence electrons. The smallest absolute Gasteiger partial charge is 0.120 e. The van der Waals surface area contributed by atoms with Gasteiger partial charge in [0, 0.05) is 18.7 Å². The van der Waals surface area contributed by atoms with E-state index in [0.717, 1.165) is 11.1 Å². The Balaban J connectivity index is 2.78. The first kappa shape index (κ1) is 11.8. The molecule has 0 aliphatic rings. The normalized spacial score (nSPS) is 10.6. The first-order valence-corrected chi connectivity index (χ1v) is 4.91.